The number of hydrogen-bond acceptors (Lipinski definition) is 4. The van der Waals surface area contributed by atoms with Crippen LogP contribution in [-0.4, -0.2) is 24.7 Å². The van der Waals surface area contributed by atoms with Crippen LogP contribution >= 0.6 is 0 Å². The monoisotopic (exact) mass is 353 g/mol. The van der Waals surface area contributed by atoms with Gasteiger partial charge in [0.15, 0.2) is 6.10 Å². The zero-order chi connectivity index (χ0) is 18.1. The number of fused-ring (bicyclic) bond motifs is 2. The van der Waals surface area contributed by atoms with Crippen LogP contribution in [0.25, 0.3) is 0 Å². The Labute approximate surface area is 153 Å². The normalized spacial score (nSPS) is 19.9. The molecule has 2 aromatic rings. The first-order valence-electron chi connectivity index (χ1n) is 9.11. The molecule has 26 heavy (non-hydrogen) atoms. The number of nitrogens with one attached hydrogen (secondary N) is 1. The van der Waals surface area contributed by atoms with E-state index >= 15 is 0 Å². The van der Waals surface area contributed by atoms with Gasteiger partial charge in [0.1, 0.15) is 23.4 Å². The largest absolute Gasteiger partial charge is 0.494 e. The molecule has 0 fully saturated rings. The Kier molecular flexibility index (Phi) is 4.45. The molecule has 0 radical (unpaired) electrons. The third-order valence-corrected chi connectivity index (χ3v) is 4.77. The Morgan fingerprint density at radius 3 is 2.81 bits per heavy atom. The van der Waals surface area contributed by atoms with Crippen LogP contribution in [0.3, 0.4) is 0 Å². The van der Waals surface area contributed by atoms with Crippen molar-refractivity contribution in [1.29, 1.82) is 0 Å². The van der Waals surface area contributed by atoms with Crippen LogP contribution in [0.15, 0.2) is 36.4 Å². The first kappa shape index (κ1) is 16.8. The number of para-hydroxylation sites is 1. The molecular weight excluding hydrogens is 330 g/mol. The van der Waals surface area contributed by atoms with Crippen LogP contribution in [0.1, 0.15) is 30.5 Å². The summed E-state index contributed by atoms with van der Waals surface area (Å²) in [4.78, 5) is 12.5. The van der Waals surface area contributed by atoms with Crippen molar-refractivity contribution in [3.8, 4) is 17.2 Å². The summed E-state index contributed by atoms with van der Waals surface area (Å²) in [5.41, 5.74) is 3.15. The molecule has 5 nitrogen and oxygen atoms in total. The number of carbonyl (C=O) groups is 1. The molecule has 0 aliphatic carbocycles. The number of ether oxygens (including phenoxy) is 3. The van der Waals surface area contributed by atoms with Crippen molar-refractivity contribution in [3.05, 3.63) is 53.1 Å². The lowest BCUT2D eigenvalue weighted by Crippen LogP contribution is -2.37. The second kappa shape index (κ2) is 6.90. The van der Waals surface area contributed by atoms with Gasteiger partial charge in [-0.05, 0) is 37.6 Å². The minimum absolute atomic E-state index is 0.113. The van der Waals surface area contributed by atoms with Crippen molar-refractivity contribution < 1.29 is 19.0 Å². The van der Waals surface area contributed by atoms with Gasteiger partial charge in [-0.2, -0.15) is 0 Å². The van der Waals surface area contributed by atoms with E-state index in [1.807, 2.05) is 43.3 Å². The first-order chi connectivity index (χ1) is 12.6. The maximum atomic E-state index is 12.5. The zero-order valence-electron chi connectivity index (χ0n) is 15.1. The number of carbonyl (C=O) groups excluding carboxylic acids is 1. The van der Waals surface area contributed by atoms with Gasteiger partial charge >= 0.3 is 0 Å². The maximum Gasteiger partial charge on any atom is 0.261 e. The fraction of sp³-hybridized carbons (Fsp3) is 0.381. The van der Waals surface area contributed by atoms with Gasteiger partial charge in [-0.3, -0.25) is 4.79 Å². The summed E-state index contributed by atoms with van der Waals surface area (Å²) in [6.45, 7) is 4.97. The van der Waals surface area contributed by atoms with Crippen molar-refractivity contribution in [2.45, 2.75) is 45.4 Å². The summed E-state index contributed by atoms with van der Waals surface area (Å²) in [5, 5.41) is 2.98. The van der Waals surface area contributed by atoms with E-state index in [0.717, 1.165) is 40.4 Å². The summed E-state index contributed by atoms with van der Waals surface area (Å²) < 4.78 is 17.4. The predicted molar refractivity (Wildman–Crippen MR) is 97.8 cm³/mol. The Morgan fingerprint density at radius 1 is 1.15 bits per heavy atom. The summed E-state index contributed by atoms with van der Waals surface area (Å²) in [7, 11) is 0. The van der Waals surface area contributed by atoms with Gasteiger partial charge in [0.2, 0.25) is 0 Å². The number of benzene rings is 2. The van der Waals surface area contributed by atoms with Crippen molar-refractivity contribution in [2.24, 2.45) is 0 Å². The molecule has 136 valence electrons. The second-order valence-electron chi connectivity index (χ2n) is 6.77. The predicted octanol–water partition coefficient (Wildman–Crippen LogP) is 3.03. The van der Waals surface area contributed by atoms with Crippen LogP contribution in [0, 0.1) is 0 Å². The van der Waals surface area contributed by atoms with E-state index in [1.54, 1.807) is 0 Å². The molecule has 0 saturated carbocycles. The van der Waals surface area contributed by atoms with Gasteiger partial charge in [0.05, 0.1) is 6.61 Å². The van der Waals surface area contributed by atoms with E-state index < -0.39 is 6.10 Å². The van der Waals surface area contributed by atoms with Crippen LogP contribution < -0.4 is 19.5 Å². The SMILES string of the molecule is CCOc1cc2c(cc1CNC(=O)[C@@H]1Cc3ccccc3O1)O[C@@H](C)C2. The average Bonchev–Trinajstić information content (AvgIpc) is 3.21. The third kappa shape index (κ3) is 3.21. The van der Waals surface area contributed by atoms with Crippen molar-refractivity contribution in [3.63, 3.8) is 0 Å². The number of hydrogen-bond donors (Lipinski definition) is 1. The summed E-state index contributed by atoms with van der Waals surface area (Å²) in [6, 6.07) is 11.8. The Balaban J connectivity index is 1.45. The minimum atomic E-state index is -0.478. The molecule has 4 rings (SSSR count). The highest BCUT2D eigenvalue weighted by Crippen LogP contribution is 2.35. The molecule has 2 aliphatic heterocycles. The van der Waals surface area contributed by atoms with Gasteiger partial charge in [-0.15, -0.1) is 0 Å². The van der Waals surface area contributed by atoms with E-state index in [4.69, 9.17) is 14.2 Å². The molecule has 1 amide bonds. The molecule has 2 aliphatic rings. The lowest BCUT2D eigenvalue weighted by molar-refractivity contribution is -0.127. The van der Waals surface area contributed by atoms with Crippen molar-refractivity contribution in [1.82, 2.24) is 5.32 Å². The van der Waals surface area contributed by atoms with Gasteiger partial charge in [0, 0.05) is 30.5 Å². The van der Waals surface area contributed by atoms with Crippen LogP contribution in [0.5, 0.6) is 17.2 Å². The van der Waals surface area contributed by atoms with Crippen LogP contribution in [-0.2, 0) is 24.2 Å². The second-order valence-corrected chi connectivity index (χ2v) is 6.77. The van der Waals surface area contributed by atoms with E-state index in [0.29, 0.717) is 19.6 Å². The van der Waals surface area contributed by atoms with Gasteiger partial charge in [-0.1, -0.05) is 18.2 Å². The lowest BCUT2D eigenvalue weighted by Gasteiger charge is -2.15. The van der Waals surface area contributed by atoms with E-state index in [9.17, 15) is 4.79 Å². The van der Waals surface area contributed by atoms with E-state index in [-0.39, 0.29) is 12.0 Å². The highest BCUT2D eigenvalue weighted by molar-refractivity contribution is 5.82. The Bertz CT molecular complexity index is 808. The van der Waals surface area contributed by atoms with Gasteiger partial charge in [-0.25, -0.2) is 0 Å². The first-order valence-corrected chi connectivity index (χ1v) is 9.11. The summed E-state index contributed by atoms with van der Waals surface area (Å²) in [6.07, 6.45) is 1.19. The van der Waals surface area contributed by atoms with Gasteiger partial charge in [0.25, 0.3) is 5.91 Å². The fourth-order valence-corrected chi connectivity index (χ4v) is 3.53. The Hall–Kier alpha value is -2.69. The zero-order valence-corrected chi connectivity index (χ0v) is 15.1. The maximum absolute atomic E-state index is 12.5. The third-order valence-electron chi connectivity index (χ3n) is 4.77. The molecule has 0 unspecified atom stereocenters. The van der Waals surface area contributed by atoms with Crippen molar-refractivity contribution in [2.75, 3.05) is 6.61 Å². The molecule has 0 bridgehead atoms. The fourth-order valence-electron chi connectivity index (χ4n) is 3.53. The summed E-state index contributed by atoms with van der Waals surface area (Å²) in [5.74, 6) is 2.37. The quantitative estimate of drug-likeness (QED) is 0.898. The number of amides is 1. The molecule has 2 aromatic carbocycles. The van der Waals surface area contributed by atoms with E-state index in [1.165, 1.54) is 0 Å². The Morgan fingerprint density at radius 2 is 2.00 bits per heavy atom. The average molecular weight is 353 g/mol. The highest BCUT2D eigenvalue weighted by atomic mass is 16.5. The molecule has 2 atom stereocenters. The van der Waals surface area contributed by atoms with Crippen LogP contribution in [0.4, 0.5) is 0 Å². The highest BCUT2D eigenvalue weighted by Gasteiger charge is 2.29. The topological polar surface area (TPSA) is 56.8 Å². The van der Waals surface area contributed by atoms with Crippen LogP contribution in [0.2, 0.25) is 0 Å². The molecule has 1 N–H and O–H groups in total. The molecule has 5 heteroatoms. The molecule has 0 spiro atoms. The molecule has 0 saturated heterocycles. The molecule has 0 aromatic heterocycles. The lowest BCUT2D eigenvalue weighted by atomic mass is 10.1. The smallest absolute Gasteiger partial charge is 0.261 e. The minimum Gasteiger partial charge on any atom is -0.494 e. The van der Waals surface area contributed by atoms with E-state index in [2.05, 4.69) is 12.2 Å². The van der Waals surface area contributed by atoms with Gasteiger partial charge < -0.3 is 19.5 Å². The molecular formula is C21H23NO4. The standard InChI is InChI=1S/C21H23NO4/c1-3-24-18-10-15-8-13(2)25-19(15)11-16(18)12-22-21(23)20-9-14-6-4-5-7-17(14)26-20/h4-7,10-11,13,20H,3,8-9,12H2,1-2H3,(H,22,23)/t13-,20-/m0/s1. The molecule has 2 heterocycles. The number of rotatable bonds is 5. The van der Waals surface area contributed by atoms with Crippen molar-refractivity contribution >= 4 is 5.91 Å². The summed E-state index contributed by atoms with van der Waals surface area (Å²) >= 11 is 0.